The number of carbonyl (C=O) groups is 2. The molecule has 0 spiro atoms. The molecule has 1 aliphatic heterocycles. The first-order valence-electron chi connectivity index (χ1n) is 6.42. The quantitative estimate of drug-likeness (QED) is 0.933. The van der Waals surface area contributed by atoms with Gasteiger partial charge in [0.2, 0.25) is 5.91 Å². The second-order valence-electron chi connectivity index (χ2n) is 4.91. The molecule has 0 aromatic heterocycles. The van der Waals surface area contributed by atoms with E-state index in [1.807, 2.05) is 0 Å². The summed E-state index contributed by atoms with van der Waals surface area (Å²) in [6.07, 6.45) is 1.48. The van der Waals surface area contributed by atoms with E-state index in [0.29, 0.717) is 35.0 Å². The van der Waals surface area contributed by atoms with Crippen molar-refractivity contribution in [1.29, 1.82) is 0 Å². The zero-order valence-electron chi connectivity index (χ0n) is 10.8. The molecule has 108 valence electrons. The fraction of sp³-hybridized carbons (Fsp3) is 0.429. The highest BCUT2D eigenvalue weighted by Crippen LogP contribution is 2.26. The Morgan fingerprint density at radius 2 is 2.10 bits per heavy atom. The van der Waals surface area contributed by atoms with Crippen molar-refractivity contribution in [1.82, 2.24) is 4.90 Å². The zero-order valence-corrected chi connectivity index (χ0v) is 12.3. The highest BCUT2D eigenvalue weighted by Gasteiger charge is 2.28. The Balaban J connectivity index is 2.04. The summed E-state index contributed by atoms with van der Waals surface area (Å²) in [5.74, 6) is -1.43. The van der Waals surface area contributed by atoms with Crippen LogP contribution in [-0.2, 0) is 16.0 Å². The molecule has 0 bridgehead atoms. The molecule has 1 saturated heterocycles. The summed E-state index contributed by atoms with van der Waals surface area (Å²) in [6, 6.07) is 5.16. The van der Waals surface area contributed by atoms with Crippen LogP contribution in [0.4, 0.5) is 0 Å². The third kappa shape index (κ3) is 3.44. The van der Waals surface area contributed by atoms with Crippen molar-refractivity contribution in [2.45, 2.75) is 19.3 Å². The van der Waals surface area contributed by atoms with Gasteiger partial charge < -0.3 is 10.0 Å². The molecule has 1 aromatic carbocycles. The Morgan fingerprint density at radius 1 is 1.35 bits per heavy atom. The molecule has 2 rings (SSSR count). The minimum absolute atomic E-state index is 0.111. The van der Waals surface area contributed by atoms with Crippen LogP contribution in [0.3, 0.4) is 0 Å². The van der Waals surface area contributed by atoms with Crippen LogP contribution in [0.25, 0.3) is 0 Å². The van der Waals surface area contributed by atoms with Crippen LogP contribution in [0.5, 0.6) is 0 Å². The van der Waals surface area contributed by atoms with Crippen LogP contribution >= 0.6 is 23.2 Å². The van der Waals surface area contributed by atoms with Crippen molar-refractivity contribution < 1.29 is 14.7 Å². The SMILES string of the molecule is O=C(O)C1CCCN(C(=O)Cc2cccc(Cl)c2Cl)C1. The number of likely N-dealkylation sites (tertiary alicyclic amines) is 1. The molecule has 1 amide bonds. The Hall–Kier alpha value is -1.26. The minimum Gasteiger partial charge on any atom is -0.481 e. The number of hydrogen-bond acceptors (Lipinski definition) is 2. The zero-order chi connectivity index (χ0) is 14.7. The Morgan fingerprint density at radius 3 is 2.80 bits per heavy atom. The standard InChI is InChI=1S/C14H15Cl2NO3/c15-11-5-1-3-9(13(11)16)7-12(18)17-6-2-4-10(8-17)14(19)20/h1,3,5,10H,2,4,6-8H2,(H,19,20). The number of halogens is 2. The molecule has 1 fully saturated rings. The average molecular weight is 316 g/mol. The van der Waals surface area contributed by atoms with Gasteiger partial charge in [-0.15, -0.1) is 0 Å². The number of benzene rings is 1. The lowest BCUT2D eigenvalue weighted by Crippen LogP contribution is -2.43. The number of carboxylic acid groups (broad SMARTS) is 1. The van der Waals surface area contributed by atoms with Crippen molar-refractivity contribution in [3.05, 3.63) is 33.8 Å². The average Bonchev–Trinajstić information content (AvgIpc) is 2.44. The summed E-state index contributed by atoms with van der Waals surface area (Å²) in [5, 5.41) is 9.83. The predicted molar refractivity (Wildman–Crippen MR) is 77.1 cm³/mol. The molecular weight excluding hydrogens is 301 g/mol. The molecule has 1 unspecified atom stereocenters. The first-order valence-corrected chi connectivity index (χ1v) is 7.18. The van der Waals surface area contributed by atoms with Crippen LogP contribution in [0.1, 0.15) is 18.4 Å². The lowest BCUT2D eigenvalue weighted by Gasteiger charge is -2.30. The van der Waals surface area contributed by atoms with E-state index in [4.69, 9.17) is 28.3 Å². The van der Waals surface area contributed by atoms with Crippen molar-refractivity contribution in [2.24, 2.45) is 5.92 Å². The summed E-state index contributed by atoms with van der Waals surface area (Å²) in [6.45, 7) is 0.868. The van der Waals surface area contributed by atoms with Gasteiger partial charge in [-0.3, -0.25) is 9.59 Å². The topological polar surface area (TPSA) is 57.6 Å². The van der Waals surface area contributed by atoms with E-state index >= 15 is 0 Å². The lowest BCUT2D eigenvalue weighted by molar-refractivity contribution is -0.145. The predicted octanol–water partition coefficient (Wildman–Crippen LogP) is 2.86. The van der Waals surface area contributed by atoms with Crippen molar-refractivity contribution in [3.8, 4) is 0 Å². The van der Waals surface area contributed by atoms with E-state index in [9.17, 15) is 9.59 Å². The highest BCUT2D eigenvalue weighted by molar-refractivity contribution is 6.42. The monoisotopic (exact) mass is 315 g/mol. The van der Waals surface area contributed by atoms with Crippen LogP contribution in [0.15, 0.2) is 18.2 Å². The molecule has 1 heterocycles. The Kier molecular flexibility index (Phi) is 4.89. The molecule has 0 saturated carbocycles. The van der Waals surface area contributed by atoms with Gasteiger partial charge in [0.1, 0.15) is 0 Å². The van der Waals surface area contributed by atoms with E-state index < -0.39 is 11.9 Å². The van der Waals surface area contributed by atoms with Crippen LogP contribution in [0.2, 0.25) is 10.0 Å². The second kappa shape index (κ2) is 6.46. The summed E-state index contributed by atoms with van der Waals surface area (Å²) in [7, 11) is 0. The second-order valence-corrected chi connectivity index (χ2v) is 5.69. The Bertz CT molecular complexity index is 533. The van der Waals surface area contributed by atoms with Gasteiger partial charge in [0.25, 0.3) is 0 Å². The van der Waals surface area contributed by atoms with Crippen molar-refractivity contribution in [3.63, 3.8) is 0 Å². The molecule has 1 aromatic rings. The largest absolute Gasteiger partial charge is 0.481 e. The number of rotatable bonds is 3. The summed E-state index contributed by atoms with van der Waals surface area (Å²) < 4.78 is 0. The van der Waals surface area contributed by atoms with Gasteiger partial charge in [-0.2, -0.15) is 0 Å². The molecule has 1 N–H and O–H groups in total. The van der Waals surface area contributed by atoms with Crippen LogP contribution in [0, 0.1) is 5.92 Å². The Labute approximate surface area is 127 Å². The highest BCUT2D eigenvalue weighted by atomic mass is 35.5. The van der Waals surface area contributed by atoms with Gasteiger partial charge in [0.05, 0.1) is 22.4 Å². The summed E-state index contributed by atoms with van der Waals surface area (Å²) >= 11 is 12.0. The molecule has 6 heteroatoms. The van der Waals surface area contributed by atoms with Crippen LogP contribution in [-0.4, -0.2) is 35.0 Å². The normalized spacial score (nSPS) is 18.9. The van der Waals surface area contributed by atoms with Gasteiger partial charge in [-0.1, -0.05) is 35.3 Å². The van der Waals surface area contributed by atoms with E-state index in [1.165, 1.54) is 0 Å². The summed E-state index contributed by atoms with van der Waals surface area (Å²) in [4.78, 5) is 24.8. The van der Waals surface area contributed by atoms with E-state index in [1.54, 1.807) is 23.1 Å². The third-order valence-electron chi connectivity index (χ3n) is 3.50. The smallest absolute Gasteiger partial charge is 0.308 e. The maximum Gasteiger partial charge on any atom is 0.308 e. The lowest BCUT2D eigenvalue weighted by atomic mass is 9.97. The fourth-order valence-electron chi connectivity index (χ4n) is 2.36. The van der Waals surface area contributed by atoms with Gasteiger partial charge in [0, 0.05) is 13.1 Å². The number of piperidine rings is 1. The van der Waals surface area contributed by atoms with Crippen LogP contribution < -0.4 is 0 Å². The van der Waals surface area contributed by atoms with Gasteiger partial charge >= 0.3 is 5.97 Å². The van der Waals surface area contributed by atoms with Crippen molar-refractivity contribution >= 4 is 35.1 Å². The number of carboxylic acids is 1. The van der Waals surface area contributed by atoms with Crippen molar-refractivity contribution in [2.75, 3.05) is 13.1 Å². The van der Waals surface area contributed by atoms with Gasteiger partial charge in [-0.05, 0) is 24.5 Å². The number of aliphatic carboxylic acids is 1. The molecule has 1 aliphatic rings. The summed E-state index contributed by atoms with van der Waals surface area (Å²) in [5.41, 5.74) is 0.668. The molecule has 4 nitrogen and oxygen atoms in total. The first kappa shape index (κ1) is 15.1. The molecular formula is C14H15Cl2NO3. The number of amides is 1. The fourth-order valence-corrected chi connectivity index (χ4v) is 2.75. The van der Waals surface area contributed by atoms with Gasteiger partial charge in [0.15, 0.2) is 0 Å². The van der Waals surface area contributed by atoms with E-state index in [-0.39, 0.29) is 18.9 Å². The van der Waals surface area contributed by atoms with E-state index in [2.05, 4.69) is 0 Å². The number of nitrogens with zero attached hydrogens (tertiary/aromatic N) is 1. The first-order chi connectivity index (χ1) is 9.49. The molecule has 0 radical (unpaired) electrons. The maximum atomic E-state index is 12.2. The maximum absolute atomic E-state index is 12.2. The third-order valence-corrected chi connectivity index (χ3v) is 4.35. The minimum atomic E-state index is -0.844. The molecule has 1 atom stereocenters. The van der Waals surface area contributed by atoms with E-state index in [0.717, 1.165) is 0 Å². The number of hydrogen-bond donors (Lipinski definition) is 1. The molecule has 20 heavy (non-hydrogen) atoms. The van der Waals surface area contributed by atoms with Gasteiger partial charge in [-0.25, -0.2) is 0 Å². The number of carbonyl (C=O) groups excluding carboxylic acids is 1. The molecule has 0 aliphatic carbocycles.